The molecule has 0 spiro atoms. The maximum absolute atomic E-state index is 13.4. The van der Waals surface area contributed by atoms with Crippen LogP contribution in [0.25, 0.3) is 0 Å². The molecule has 88 valence electrons. The number of carbonyl (C=O) groups is 1. The highest BCUT2D eigenvalue weighted by Crippen LogP contribution is 2.20. The molecule has 1 unspecified atom stereocenters. The summed E-state index contributed by atoms with van der Waals surface area (Å²) in [5.41, 5.74) is 11.4. The van der Waals surface area contributed by atoms with Crippen LogP contribution in [0.1, 0.15) is 22.8 Å². The second-order valence-corrected chi connectivity index (χ2v) is 4.95. The Balaban J connectivity index is 2.78. The number of carbonyl (C=O) groups excluding carboxylic acids is 1. The molecule has 0 radical (unpaired) electrons. The third-order valence-corrected chi connectivity index (χ3v) is 3.42. The van der Waals surface area contributed by atoms with Crippen molar-refractivity contribution in [1.82, 2.24) is 0 Å². The minimum Gasteiger partial charge on any atom is -0.366 e. The number of amides is 1. The lowest BCUT2D eigenvalue weighted by Crippen LogP contribution is -2.13. The molecule has 0 heterocycles. The molecule has 0 saturated carbocycles. The van der Waals surface area contributed by atoms with Crippen molar-refractivity contribution < 1.29 is 9.18 Å². The quantitative estimate of drug-likeness (QED) is 0.822. The average molecular weight is 242 g/mol. The predicted molar refractivity (Wildman–Crippen MR) is 64.7 cm³/mol. The zero-order valence-corrected chi connectivity index (χ0v) is 9.89. The van der Waals surface area contributed by atoms with Gasteiger partial charge >= 0.3 is 0 Å². The standard InChI is InChI=1S/C11H15FN2OS/c1-7(5-13)16-6-9-4-8(11(14)15)2-3-10(9)12/h2-4,7H,5-6,13H2,1H3,(H2,14,15). The Labute approximate surface area is 98.4 Å². The third-order valence-electron chi connectivity index (χ3n) is 2.19. The fourth-order valence-electron chi connectivity index (χ4n) is 1.14. The lowest BCUT2D eigenvalue weighted by molar-refractivity contribution is 0.1000. The van der Waals surface area contributed by atoms with Crippen LogP contribution in [0.4, 0.5) is 4.39 Å². The molecule has 0 aliphatic rings. The highest BCUT2D eigenvalue weighted by Gasteiger charge is 2.08. The van der Waals surface area contributed by atoms with Gasteiger partial charge in [-0.1, -0.05) is 6.92 Å². The van der Waals surface area contributed by atoms with Crippen LogP contribution in [0.2, 0.25) is 0 Å². The van der Waals surface area contributed by atoms with E-state index in [9.17, 15) is 9.18 Å². The molecule has 1 aromatic carbocycles. The van der Waals surface area contributed by atoms with Gasteiger partial charge in [0.05, 0.1) is 0 Å². The highest BCUT2D eigenvalue weighted by atomic mass is 32.2. The van der Waals surface area contributed by atoms with Gasteiger partial charge in [0.25, 0.3) is 0 Å². The van der Waals surface area contributed by atoms with Crippen molar-refractivity contribution in [2.75, 3.05) is 6.54 Å². The van der Waals surface area contributed by atoms with Crippen molar-refractivity contribution in [3.8, 4) is 0 Å². The van der Waals surface area contributed by atoms with E-state index >= 15 is 0 Å². The lowest BCUT2D eigenvalue weighted by atomic mass is 10.1. The van der Waals surface area contributed by atoms with Crippen molar-refractivity contribution in [2.24, 2.45) is 11.5 Å². The van der Waals surface area contributed by atoms with Crippen LogP contribution >= 0.6 is 11.8 Å². The minimum absolute atomic E-state index is 0.261. The van der Waals surface area contributed by atoms with Gasteiger partial charge in [-0.3, -0.25) is 4.79 Å². The minimum atomic E-state index is -0.543. The monoisotopic (exact) mass is 242 g/mol. The van der Waals surface area contributed by atoms with E-state index in [1.54, 1.807) is 11.8 Å². The van der Waals surface area contributed by atoms with E-state index in [2.05, 4.69) is 0 Å². The largest absolute Gasteiger partial charge is 0.366 e. The van der Waals surface area contributed by atoms with Crippen molar-refractivity contribution >= 4 is 17.7 Å². The van der Waals surface area contributed by atoms with Crippen molar-refractivity contribution in [2.45, 2.75) is 17.9 Å². The molecule has 3 nitrogen and oxygen atoms in total. The van der Waals surface area contributed by atoms with Crippen LogP contribution in [-0.2, 0) is 5.75 Å². The summed E-state index contributed by atoms with van der Waals surface area (Å²) in [6.45, 7) is 2.52. The second-order valence-electron chi connectivity index (χ2n) is 3.53. The van der Waals surface area contributed by atoms with Gasteiger partial charge in [0.1, 0.15) is 5.82 Å². The molecule has 0 aliphatic carbocycles. The molecule has 4 N–H and O–H groups in total. The Kier molecular flexibility index (Phi) is 4.76. The van der Waals surface area contributed by atoms with Gasteiger partial charge in [0.15, 0.2) is 0 Å². The summed E-state index contributed by atoms with van der Waals surface area (Å²) in [5, 5.41) is 0.261. The molecule has 5 heteroatoms. The van der Waals surface area contributed by atoms with Gasteiger partial charge in [-0.25, -0.2) is 4.39 Å². The van der Waals surface area contributed by atoms with Crippen LogP contribution in [0.5, 0.6) is 0 Å². The van der Waals surface area contributed by atoms with Crippen molar-refractivity contribution in [3.05, 3.63) is 35.1 Å². The molecule has 1 aromatic rings. The van der Waals surface area contributed by atoms with Crippen LogP contribution in [0.3, 0.4) is 0 Å². The summed E-state index contributed by atoms with van der Waals surface area (Å²) >= 11 is 1.55. The zero-order chi connectivity index (χ0) is 12.1. The molecular formula is C11H15FN2OS. The van der Waals surface area contributed by atoms with E-state index in [1.807, 2.05) is 6.92 Å². The Hall–Kier alpha value is -1.07. The van der Waals surface area contributed by atoms with E-state index in [1.165, 1.54) is 18.2 Å². The molecule has 0 aliphatic heterocycles. The molecule has 0 fully saturated rings. The van der Waals surface area contributed by atoms with Crippen LogP contribution < -0.4 is 11.5 Å². The van der Waals surface area contributed by atoms with Gasteiger partial charge < -0.3 is 11.5 Å². The fraction of sp³-hybridized carbons (Fsp3) is 0.364. The number of thioether (sulfide) groups is 1. The average Bonchev–Trinajstić information content (AvgIpc) is 2.27. The number of halogens is 1. The molecular weight excluding hydrogens is 227 g/mol. The van der Waals surface area contributed by atoms with E-state index in [4.69, 9.17) is 11.5 Å². The first-order chi connectivity index (χ1) is 7.54. The van der Waals surface area contributed by atoms with Gasteiger partial charge in [0.2, 0.25) is 5.91 Å². The summed E-state index contributed by atoms with van der Waals surface area (Å²) in [6.07, 6.45) is 0. The maximum Gasteiger partial charge on any atom is 0.248 e. The number of hydrogen-bond donors (Lipinski definition) is 2. The topological polar surface area (TPSA) is 69.1 Å². The van der Waals surface area contributed by atoms with E-state index < -0.39 is 5.91 Å². The first-order valence-electron chi connectivity index (χ1n) is 4.94. The van der Waals surface area contributed by atoms with E-state index in [0.717, 1.165) is 0 Å². The number of hydrogen-bond acceptors (Lipinski definition) is 3. The smallest absolute Gasteiger partial charge is 0.248 e. The van der Waals surface area contributed by atoms with Gasteiger partial charge in [-0.05, 0) is 23.8 Å². The molecule has 0 bridgehead atoms. The molecule has 0 saturated heterocycles. The van der Waals surface area contributed by atoms with Gasteiger partial charge in [-0.15, -0.1) is 0 Å². The first kappa shape index (κ1) is 13.0. The lowest BCUT2D eigenvalue weighted by Gasteiger charge is -2.09. The molecule has 1 amide bonds. The zero-order valence-electron chi connectivity index (χ0n) is 9.07. The first-order valence-corrected chi connectivity index (χ1v) is 5.99. The number of rotatable bonds is 5. The Morgan fingerprint density at radius 1 is 1.56 bits per heavy atom. The molecule has 16 heavy (non-hydrogen) atoms. The fourth-order valence-corrected chi connectivity index (χ4v) is 1.96. The van der Waals surface area contributed by atoms with Crippen molar-refractivity contribution in [1.29, 1.82) is 0 Å². The van der Waals surface area contributed by atoms with Gasteiger partial charge in [-0.2, -0.15) is 11.8 Å². The third kappa shape index (κ3) is 3.50. The number of primary amides is 1. The summed E-state index contributed by atoms with van der Waals surface area (Å²) < 4.78 is 13.4. The van der Waals surface area contributed by atoms with Crippen LogP contribution in [-0.4, -0.2) is 17.7 Å². The van der Waals surface area contributed by atoms with Gasteiger partial charge in [0, 0.05) is 23.1 Å². The number of benzene rings is 1. The van der Waals surface area contributed by atoms with E-state index in [0.29, 0.717) is 23.4 Å². The van der Waals surface area contributed by atoms with Crippen LogP contribution in [0, 0.1) is 5.82 Å². The normalized spacial score (nSPS) is 12.4. The Morgan fingerprint density at radius 3 is 2.81 bits per heavy atom. The van der Waals surface area contributed by atoms with E-state index in [-0.39, 0.29) is 11.1 Å². The number of nitrogens with two attached hydrogens (primary N) is 2. The predicted octanol–water partition coefficient (Wildman–Crippen LogP) is 1.51. The SMILES string of the molecule is CC(CN)SCc1cc(C(N)=O)ccc1F. The summed E-state index contributed by atoms with van der Waals surface area (Å²) in [7, 11) is 0. The highest BCUT2D eigenvalue weighted by molar-refractivity contribution is 7.99. The summed E-state index contributed by atoms with van der Waals surface area (Å²) in [4.78, 5) is 10.9. The summed E-state index contributed by atoms with van der Waals surface area (Å²) in [5.74, 6) is -0.370. The molecule has 1 rings (SSSR count). The van der Waals surface area contributed by atoms with Crippen molar-refractivity contribution in [3.63, 3.8) is 0 Å². The maximum atomic E-state index is 13.4. The Morgan fingerprint density at radius 2 is 2.25 bits per heavy atom. The van der Waals surface area contributed by atoms with Crippen LogP contribution in [0.15, 0.2) is 18.2 Å². The molecule has 0 aromatic heterocycles. The summed E-state index contributed by atoms with van der Waals surface area (Å²) in [6, 6.07) is 4.15. The Bertz CT molecular complexity index is 384. The molecule has 1 atom stereocenters. The second kappa shape index (κ2) is 5.86.